The topological polar surface area (TPSA) is 79.8 Å². The zero-order valence-corrected chi connectivity index (χ0v) is 14.5. The Morgan fingerprint density at radius 1 is 1.35 bits per heavy atom. The highest BCUT2D eigenvalue weighted by atomic mass is 32.2. The number of rotatable bonds is 6. The van der Waals surface area contributed by atoms with Crippen LogP contribution in [0.15, 0.2) is 29.3 Å². The molecule has 0 radical (unpaired) electrons. The molecule has 1 unspecified atom stereocenters. The van der Waals surface area contributed by atoms with Gasteiger partial charge in [-0.3, -0.25) is 4.99 Å². The fourth-order valence-electron chi connectivity index (χ4n) is 2.62. The van der Waals surface area contributed by atoms with Crippen LogP contribution in [0.1, 0.15) is 18.9 Å². The number of ether oxygens (including phenoxy) is 1. The fraction of sp³-hybridized carbons (Fsp3) is 0.562. The second kappa shape index (κ2) is 8.19. The molecule has 128 valence electrons. The van der Waals surface area contributed by atoms with Gasteiger partial charge in [0.25, 0.3) is 0 Å². The van der Waals surface area contributed by atoms with E-state index in [0.29, 0.717) is 31.4 Å². The summed E-state index contributed by atoms with van der Waals surface area (Å²) in [6, 6.07) is 7.87. The number of guanidine groups is 1. The molecule has 0 aliphatic carbocycles. The van der Waals surface area contributed by atoms with E-state index in [2.05, 4.69) is 15.6 Å². The molecule has 1 aliphatic heterocycles. The van der Waals surface area contributed by atoms with Gasteiger partial charge in [0.05, 0.1) is 18.1 Å². The smallest absolute Gasteiger partial charge is 0.191 e. The van der Waals surface area contributed by atoms with Crippen LogP contribution in [0.5, 0.6) is 5.75 Å². The minimum Gasteiger partial charge on any atom is -0.494 e. The Morgan fingerprint density at radius 3 is 2.78 bits per heavy atom. The van der Waals surface area contributed by atoms with Gasteiger partial charge in [-0.1, -0.05) is 18.2 Å². The highest BCUT2D eigenvalue weighted by molar-refractivity contribution is 7.91. The Balaban J connectivity index is 1.84. The summed E-state index contributed by atoms with van der Waals surface area (Å²) in [5, 5.41) is 6.44. The molecule has 2 N–H and O–H groups in total. The summed E-state index contributed by atoms with van der Waals surface area (Å²) in [5.41, 5.74) is 1.06. The van der Waals surface area contributed by atoms with Gasteiger partial charge in [0.2, 0.25) is 0 Å². The Hall–Kier alpha value is -1.76. The molecule has 0 saturated carbocycles. The Labute approximate surface area is 138 Å². The predicted octanol–water partition coefficient (Wildman–Crippen LogP) is 1.19. The number of hydrogen-bond acceptors (Lipinski definition) is 4. The molecule has 1 aromatic carbocycles. The molecule has 6 nitrogen and oxygen atoms in total. The molecule has 1 fully saturated rings. The summed E-state index contributed by atoms with van der Waals surface area (Å²) in [6.07, 6.45) is 0.722. The molecular formula is C16H25N3O3S. The van der Waals surface area contributed by atoms with E-state index in [1.54, 1.807) is 7.05 Å². The van der Waals surface area contributed by atoms with Gasteiger partial charge in [-0.05, 0) is 25.3 Å². The summed E-state index contributed by atoms with van der Waals surface area (Å²) in [4.78, 5) is 4.18. The molecule has 23 heavy (non-hydrogen) atoms. The maximum absolute atomic E-state index is 11.5. The monoisotopic (exact) mass is 339 g/mol. The van der Waals surface area contributed by atoms with Crippen molar-refractivity contribution in [3.8, 4) is 5.75 Å². The fourth-order valence-corrected chi connectivity index (χ4v) is 4.48. The average molecular weight is 339 g/mol. The van der Waals surface area contributed by atoms with E-state index in [0.717, 1.165) is 17.7 Å². The van der Waals surface area contributed by atoms with Crippen molar-refractivity contribution in [3.63, 3.8) is 0 Å². The maximum Gasteiger partial charge on any atom is 0.191 e. The third kappa shape index (κ3) is 5.42. The summed E-state index contributed by atoms with van der Waals surface area (Å²) < 4.78 is 28.6. The average Bonchev–Trinajstić information content (AvgIpc) is 2.88. The zero-order chi connectivity index (χ0) is 16.7. The first-order chi connectivity index (χ1) is 11.0. The van der Waals surface area contributed by atoms with Crippen molar-refractivity contribution >= 4 is 15.8 Å². The second-order valence-corrected chi connectivity index (χ2v) is 7.85. The molecule has 2 rings (SSSR count). The first kappa shape index (κ1) is 17.6. The van der Waals surface area contributed by atoms with Gasteiger partial charge in [0, 0.05) is 25.7 Å². The Kier molecular flexibility index (Phi) is 6.27. The van der Waals surface area contributed by atoms with E-state index in [9.17, 15) is 8.42 Å². The van der Waals surface area contributed by atoms with Gasteiger partial charge in [-0.2, -0.15) is 0 Å². The maximum atomic E-state index is 11.5. The van der Waals surface area contributed by atoms with Crippen LogP contribution in [0.2, 0.25) is 0 Å². The van der Waals surface area contributed by atoms with Crippen LogP contribution in [0.3, 0.4) is 0 Å². The molecular weight excluding hydrogens is 314 g/mol. The van der Waals surface area contributed by atoms with E-state index >= 15 is 0 Å². The normalized spacial score (nSPS) is 20.3. The van der Waals surface area contributed by atoms with Crippen molar-refractivity contribution in [2.24, 2.45) is 10.9 Å². The number of nitrogens with zero attached hydrogens (tertiary/aromatic N) is 1. The van der Waals surface area contributed by atoms with E-state index in [1.807, 2.05) is 31.2 Å². The molecule has 1 aliphatic rings. The van der Waals surface area contributed by atoms with Gasteiger partial charge in [-0.25, -0.2) is 8.42 Å². The molecule has 1 atom stereocenters. The predicted molar refractivity (Wildman–Crippen MR) is 92.6 cm³/mol. The summed E-state index contributed by atoms with van der Waals surface area (Å²) in [7, 11) is -1.13. The van der Waals surface area contributed by atoms with Crippen molar-refractivity contribution in [2.75, 3.05) is 31.7 Å². The van der Waals surface area contributed by atoms with Gasteiger partial charge in [0.1, 0.15) is 5.75 Å². The SMILES string of the molecule is CCOc1ccccc1CNC(=NC)NCC1CCS(=O)(=O)C1. The van der Waals surface area contributed by atoms with Crippen molar-refractivity contribution in [1.29, 1.82) is 0 Å². The van der Waals surface area contributed by atoms with Crippen molar-refractivity contribution in [2.45, 2.75) is 19.9 Å². The lowest BCUT2D eigenvalue weighted by atomic mass is 10.1. The molecule has 0 amide bonds. The highest BCUT2D eigenvalue weighted by Gasteiger charge is 2.27. The lowest BCUT2D eigenvalue weighted by Gasteiger charge is -2.16. The van der Waals surface area contributed by atoms with Crippen molar-refractivity contribution in [1.82, 2.24) is 10.6 Å². The first-order valence-corrected chi connectivity index (χ1v) is 9.72. The summed E-state index contributed by atoms with van der Waals surface area (Å²) in [6.45, 7) is 3.80. The quantitative estimate of drug-likeness (QED) is 0.601. The van der Waals surface area contributed by atoms with Crippen LogP contribution < -0.4 is 15.4 Å². The number of benzene rings is 1. The standard InChI is InChI=1S/C16H25N3O3S/c1-3-22-15-7-5-4-6-14(15)11-19-16(17-2)18-10-13-8-9-23(20,21)12-13/h4-7,13H,3,8-12H2,1-2H3,(H2,17,18,19). The van der Waals surface area contributed by atoms with Crippen LogP contribution in [0, 0.1) is 5.92 Å². The van der Waals surface area contributed by atoms with Gasteiger partial charge in [-0.15, -0.1) is 0 Å². The van der Waals surface area contributed by atoms with Crippen molar-refractivity contribution < 1.29 is 13.2 Å². The zero-order valence-electron chi connectivity index (χ0n) is 13.7. The second-order valence-electron chi connectivity index (χ2n) is 5.62. The number of hydrogen-bond donors (Lipinski definition) is 2. The summed E-state index contributed by atoms with van der Waals surface area (Å²) >= 11 is 0. The largest absolute Gasteiger partial charge is 0.494 e. The molecule has 0 aromatic heterocycles. The minimum absolute atomic E-state index is 0.161. The van der Waals surface area contributed by atoms with E-state index < -0.39 is 9.84 Å². The third-order valence-electron chi connectivity index (χ3n) is 3.83. The number of aliphatic imine (C=N–C) groups is 1. The lowest BCUT2D eigenvalue weighted by molar-refractivity contribution is 0.336. The van der Waals surface area contributed by atoms with Gasteiger partial charge >= 0.3 is 0 Å². The lowest BCUT2D eigenvalue weighted by Crippen LogP contribution is -2.39. The molecule has 0 spiro atoms. The molecule has 7 heteroatoms. The van der Waals surface area contributed by atoms with Crippen molar-refractivity contribution in [3.05, 3.63) is 29.8 Å². The first-order valence-electron chi connectivity index (χ1n) is 7.89. The number of nitrogens with one attached hydrogen (secondary N) is 2. The molecule has 1 aromatic rings. The molecule has 1 saturated heterocycles. The summed E-state index contributed by atoms with van der Waals surface area (Å²) in [5.74, 6) is 2.26. The van der Waals surface area contributed by atoms with Gasteiger partial charge in [0.15, 0.2) is 15.8 Å². The molecule has 1 heterocycles. The van der Waals surface area contributed by atoms with Crippen LogP contribution in [0.25, 0.3) is 0 Å². The molecule has 0 bridgehead atoms. The number of para-hydroxylation sites is 1. The Bertz CT molecular complexity index is 644. The Morgan fingerprint density at radius 2 is 2.13 bits per heavy atom. The van der Waals surface area contributed by atoms with E-state index in [4.69, 9.17) is 4.74 Å². The third-order valence-corrected chi connectivity index (χ3v) is 5.66. The van der Waals surface area contributed by atoms with Crippen LogP contribution in [-0.4, -0.2) is 46.1 Å². The number of sulfone groups is 1. The van der Waals surface area contributed by atoms with Crippen LogP contribution in [-0.2, 0) is 16.4 Å². The van der Waals surface area contributed by atoms with Crippen LogP contribution >= 0.6 is 0 Å². The van der Waals surface area contributed by atoms with Gasteiger partial charge < -0.3 is 15.4 Å². The van der Waals surface area contributed by atoms with Crippen LogP contribution in [0.4, 0.5) is 0 Å². The highest BCUT2D eigenvalue weighted by Crippen LogP contribution is 2.18. The van der Waals surface area contributed by atoms with E-state index in [-0.39, 0.29) is 11.7 Å². The van der Waals surface area contributed by atoms with E-state index in [1.165, 1.54) is 0 Å². The minimum atomic E-state index is -2.83.